The third kappa shape index (κ3) is 3.68. The molecule has 108 valence electrons. The van der Waals surface area contributed by atoms with E-state index in [9.17, 15) is 0 Å². The van der Waals surface area contributed by atoms with E-state index in [0.29, 0.717) is 11.6 Å². The molecule has 0 fully saturated rings. The highest BCUT2D eigenvalue weighted by Crippen LogP contribution is 2.31. The number of hydrogen-bond donors (Lipinski definition) is 1. The van der Waals surface area contributed by atoms with Gasteiger partial charge in [0.05, 0.1) is 17.7 Å². The van der Waals surface area contributed by atoms with Gasteiger partial charge in [0.15, 0.2) is 0 Å². The Hall–Kier alpha value is -1.19. The molecule has 0 aliphatic carbocycles. The molecular weight excluding hydrogens is 290 g/mol. The van der Waals surface area contributed by atoms with Gasteiger partial charge in [-0.05, 0) is 50.6 Å². The fraction of sp³-hybridized carbons (Fsp3) is 0.375. The maximum absolute atomic E-state index is 6.20. The monoisotopic (exact) mass is 309 g/mol. The summed E-state index contributed by atoms with van der Waals surface area (Å²) >= 11 is 8.06. The van der Waals surface area contributed by atoms with E-state index in [1.165, 1.54) is 9.75 Å². The number of anilines is 1. The van der Waals surface area contributed by atoms with Gasteiger partial charge < -0.3 is 10.1 Å². The van der Waals surface area contributed by atoms with Gasteiger partial charge in [-0.3, -0.25) is 0 Å². The van der Waals surface area contributed by atoms with Crippen molar-refractivity contribution in [2.45, 2.75) is 33.2 Å². The second kappa shape index (κ2) is 7.00. The van der Waals surface area contributed by atoms with Crippen molar-refractivity contribution in [2.75, 3.05) is 11.9 Å². The molecule has 1 heterocycles. The van der Waals surface area contributed by atoms with Gasteiger partial charge >= 0.3 is 0 Å². The first-order valence-electron chi connectivity index (χ1n) is 6.91. The zero-order chi connectivity index (χ0) is 14.5. The molecule has 0 aliphatic rings. The highest BCUT2D eigenvalue weighted by Gasteiger charge is 2.09. The molecule has 1 unspecified atom stereocenters. The Labute approximate surface area is 129 Å². The summed E-state index contributed by atoms with van der Waals surface area (Å²) in [6.45, 7) is 6.92. The van der Waals surface area contributed by atoms with Crippen LogP contribution in [0, 0.1) is 0 Å². The zero-order valence-corrected chi connectivity index (χ0v) is 13.6. The molecule has 0 bridgehead atoms. The van der Waals surface area contributed by atoms with Crippen LogP contribution in [-0.2, 0) is 6.42 Å². The molecule has 1 atom stereocenters. The Morgan fingerprint density at radius 1 is 1.25 bits per heavy atom. The van der Waals surface area contributed by atoms with Gasteiger partial charge in [0.25, 0.3) is 0 Å². The number of halogens is 1. The summed E-state index contributed by atoms with van der Waals surface area (Å²) in [6.07, 6.45) is 1.09. The normalized spacial score (nSPS) is 12.2. The van der Waals surface area contributed by atoms with Crippen LogP contribution in [-0.4, -0.2) is 6.61 Å². The molecule has 4 heteroatoms. The van der Waals surface area contributed by atoms with Crippen molar-refractivity contribution in [3.8, 4) is 5.75 Å². The van der Waals surface area contributed by atoms with Crippen molar-refractivity contribution in [1.82, 2.24) is 0 Å². The molecule has 0 saturated heterocycles. The maximum Gasteiger partial charge on any atom is 0.138 e. The van der Waals surface area contributed by atoms with E-state index in [-0.39, 0.29) is 6.04 Å². The second-order valence-electron chi connectivity index (χ2n) is 4.60. The molecule has 0 aliphatic heterocycles. The lowest BCUT2D eigenvalue weighted by molar-refractivity contribution is 0.340. The van der Waals surface area contributed by atoms with Gasteiger partial charge in [0, 0.05) is 15.4 Å². The lowest BCUT2D eigenvalue weighted by Crippen LogP contribution is -2.04. The van der Waals surface area contributed by atoms with E-state index in [4.69, 9.17) is 16.3 Å². The number of benzene rings is 1. The molecule has 20 heavy (non-hydrogen) atoms. The fourth-order valence-corrected chi connectivity index (χ4v) is 3.19. The average Bonchev–Trinajstić information content (AvgIpc) is 2.91. The van der Waals surface area contributed by atoms with Crippen LogP contribution in [0.2, 0.25) is 5.02 Å². The molecule has 2 rings (SSSR count). The molecule has 2 nitrogen and oxygen atoms in total. The van der Waals surface area contributed by atoms with Gasteiger partial charge in [-0.2, -0.15) is 0 Å². The summed E-state index contributed by atoms with van der Waals surface area (Å²) in [5.74, 6) is 0.733. The van der Waals surface area contributed by atoms with Crippen molar-refractivity contribution in [3.05, 3.63) is 45.1 Å². The van der Waals surface area contributed by atoms with E-state index < -0.39 is 0 Å². The minimum atomic E-state index is 0.273. The Balaban J connectivity index is 2.07. The van der Waals surface area contributed by atoms with Gasteiger partial charge in [-0.15, -0.1) is 11.3 Å². The minimum Gasteiger partial charge on any atom is -0.492 e. The van der Waals surface area contributed by atoms with Crippen LogP contribution in [0.4, 0.5) is 5.69 Å². The Kier molecular flexibility index (Phi) is 5.32. The molecule has 1 aromatic carbocycles. The van der Waals surface area contributed by atoms with Gasteiger partial charge in [-0.25, -0.2) is 0 Å². The molecule has 0 radical (unpaired) electrons. The first-order chi connectivity index (χ1) is 9.63. The fourth-order valence-electron chi connectivity index (χ4n) is 2.00. The van der Waals surface area contributed by atoms with Gasteiger partial charge in [-0.1, -0.05) is 18.5 Å². The molecule has 0 saturated carbocycles. The minimum absolute atomic E-state index is 0.273. The van der Waals surface area contributed by atoms with Crippen molar-refractivity contribution in [3.63, 3.8) is 0 Å². The summed E-state index contributed by atoms with van der Waals surface area (Å²) in [6, 6.07) is 10.5. The zero-order valence-electron chi connectivity index (χ0n) is 12.1. The third-order valence-electron chi connectivity index (χ3n) is 3.07. The van der Waals surface area contributed by atoms with Crippen LogP contribution in [0.15, 0.2) is 30.3 Å². The third-order valence-corrected chi connectivity index (χ3v) is 4.78. The first kappa shape index (κ1) is 15.2. The van der Waals surface area contributed by atoms with E-state index in [0.717, 1.165) is 17.9 Å². The molecule has 0 spiro atoms. The highest BCUT2D eigenvalue weighted by atomic mass is 35.5. The predicted molar refractivity (Wildman–Crippen MR) is 88.4 cm³/mol. The molecule has 2 aromatic rings. The topological polar surface area (TPSA) is 21.3 Å². The van der Waals surface area contributed by atoms with Crippen molar-refractivity contribution < 1.29 is 4.74 Å². The Morgan fingerprint density at radius 3 is 2.65 bits per heavy atom. The van der Waals surface area contributed by atoms with Crippen LogP contribution < -0.4 is 10.1 Å². The Bertz CT molecular complexity index is 567. The molecule has 0 amide bonds. The van der Waals surface area contributed by atoms with Crippen molar-refractivity contribution in [2.24, 2.45) is 0 Å². The maximum atomic E-state index is 6.20. The standard InChI is InChI=1S/C16H20ClNOS/c1-4-13-7-9-16(20-13)11(3)18-12-6-8-15(19-5-2)14(17)10-12/h6-11,18H,4-5H2,1-3H3. The summed E-state index contributed by atoms with van der Waals surface area (Å²) in [4.78, 5) is 2.75. The molecule has 1 N–H and O–H groups in total. The quantitative estimate of drug-likeness (QED) is 0.757. The van der Waals surface area contributed by atoms with Gasteiger partial charge in [0.1, 0.15) is 5.75 Å². The first-order valence-corrected chi connectivity index (χ1v) is 8.11. The number of thiophene rings is 1. The summed E-state index contributed by atoms with van der Waals surface area (Å²) in [7, 11) is 0. The average molecular weight is 310 g/mol. The smallest absolute Gasteiger partial charge is 0.138 e. The SMILES string of the molecule is CCOc1ccc(NC(C)c2ccc(CC)s2)cc1Cl. The lowest BCUT2D eigenvalue weighted by Gasteiger charge is -2.15. The predicted octanol–water partition coefficient (Wildman–Crippen LogP) is 5.54. The van der Waals surface area contributed by atoms with E-state index in [1.807, 2.05) is 36.5 Å². The van der Waals surface area contributed by atoms with Crippen molar-refractivity contribution >= 4 is 28.6 Å². The number of hydrogen-bond acceptors (Lipinski definition) is 3. The van der Waals surface area contributed by atoms with Crippen LogP contribution in [0.25, 0.3) is 0 Å². The largest absolute Gasteiger partial charge is 0.492 e. The van der Waals surface area contributed by atoms with E-state index in [1.54, 1.807) is 0 Å². The van der Waals surface area contributed by atoms with Crippen LogP contribution >= 0.6 is 22.9 Å². The van der Waals surface area contributed by atoms with Crippen LogP contribution in [0.3, 0.4) is 0 Å². The summed E-state index contributed by atoms with van der Waals surface area (Å²) < 4.78 is 5.44. The second-order valence-corrected chi connectivity index (χ2v) is 6.21. The lowest BCUT2D eigenvalue weighted by atomic mass is 10.2. The van der Waals surface area contributed by atoms with Crippen LogP contribution in [0.5, 0.6) is 5.75 Å². The molecular formula is C16H20ClNOS. The number of rotatable bonds is 6. The van der Waals surface area contributed by atoms with E-state index >= 15 is 0 Å². The van der Waals surface area contributed by atoms with Gasteiger partial charge in [0.2, 0.25) is 0 Å². The Morgan fingerprint density at radius 2 is 2.05 bits per heavy atom. The number of aryl methyl sites for hydroxylation is 1. The number of ether oxygens (including phenoxy) is 1. The highest BCUT2D eigenvalue weighted by molar-refractivity contribution is 7.12. The van der Waals surface area contributed by atoms with E-state index in [2.05, 4.69) is 31.3 Å². The van der Waals surface area contributed by atoms with Crippen LogP contribution in [0.1, 0.15) is 36.6 Å². The van der Waals surface area contributed by atoms with Crippen molar-refractivity contribution in [1.29, 1.82) is 0 Å². The molecule has 1 aromatic heterocycles. The number of nitrogens with one attached hydrogen (secondary N) is 1. The summed E-state index contributed by atoms with van der Waals surface area (Å²) in [5.41, 5.74) is 1.01. The summed E-state index contributed by atoms with van der Waals surface area (Å²) in [5, 5.41) is 4.12.